The van der Waals surface area contributed by atoms with Crippen LogP contribution in [0.25, 0.3) is 0 Å². The molecule has 0 bridgehead atoms. The normalized spacial score (nSPS) is 17.9. The summed E-state index contributed by atoms with van der Waals surface area (Å²) in [5.74, 6) is 0. The van der Waals surface area contributed by atoms with Crippen LogP contribution in [0.4, 0.5) is 0 Å². The van der Waals surface area contributed by atoms with Gasteiger partial charge in [0.25, 0.3) is 0 Å². The fourth-order valence-corrected chi connectivity index (χ4v) is 2.87. The summed E-state index contributed by atoms with van der Waals surface area (Å²) in [4.78, 5) is 0. The molecule has 2 aromatic carbocycles. The lowest BCUT2D eigenvalue weighted by Gasteiger charge is -2.18. The molecule has 1 saturated heterocycles. The molecule has 0 spiro atoms. The molecule has 0 amide bonds. The van der Waals surface area contributed by atoms with Gasteiger partial charge < -0.3 is 9.97 Å². The Bertz CT molecular complexity index is 549. The number of aryl methyl sites for hydroxylation is 1. The molecule has 108 valence electrons. The van der Waals surface area contributed by atoms with E-state index in [4.69, 9.17) is 4.65 Å². The van der Waals surface area contributed by atoms with Gasteiger partial charge in [0.1, 0.15) is 0 Å². The maximum absolute atomic E-state index is 6.28. The fraction of sp³-hybridized carbons (Fsp3) is 0.333. The van der Waals surface area contributed by atoms with Crippen molar-refractivity contribution in [1.82, 2.24) is 5.32 Å². The van der Waals surface area contributed by atoms with Crippen LogP contribution in [0.2, 0.25) is 0 Å². The molecule has 0 radical (unpaired) electrons. The van der Waals surface area contributed by atoms with Crippen molar-refractivity contribution in [2.75, 3.05) is 13.2 Å². The maximum Gasteiger partial charge on any atom is 0.361 e. The Kier molecular flexibility index (Phi) is 4.74. The molecule has 21 heavy (non-hydrogen) atoms. The van der Waals surface area contributed by atoms with Gasteiger partial charge in [-0.25, -0.2) is 0 Å². The molecule has 1 aliphatic rings. The van der Waals surface area contributed by atoms with E-state index >= 15 is 0 Å². The van der Waals surface area contributed by atoms with Gasteiger partial charge in [0.05, 0.1) is 0 Å². The van der Waals surface area contributed by atoms with Gasteiger partial charge in [-0.1, -0.05) is 60.2 Å². The molecule has 2 nitrogen and oxygen atoms in total. The molecule has 3 rings (SSSR count). The van der Waals surface area contributed by atoms with Crippen LogP contribution in [-0.2, 0) is 4.65 Å². The Balaban J connectivity index is 1.78. The van der Waals surface area contributed by atoms with Crippen LogP contribution in [-0.4, -0.2) is 26.1 Å². The van der Waals surface area contributed by atoms with Gasteiger partial charge in [-0.2, -0.15) is 0 Å². The van der Waals surface area contributed by atoms with Gasteiger partial charge >= 0.3 is 6.92 Å². The number of hydrogen-bond acceptors (Lipinski definition) is 2. The molecule has 0 saturated carbocycles. The molecule has 1 atom stereocenters. The zero-order chi connectivity index (χ0) is 14.5. The van der Waals surface area contributed by atoms with Crippen LogP contribution in [0.3, 0.4) is 0 Å². The minimum Gasteiger partial charge on any atom is -0.425 e. The predicted octanol–water partition coefficient (Wildman–Crippen LogP) is 1.87. The van der Waals surface area contributed by atoms with E-state index in [2.05, 4.69) is 60.8 Å². The predicted molar refractivity (Wildman–Crippen MR) is 89.6 cm³/mol. The molecule has 0 aliphatic carbocycles. The molecular weight excluding hydrogens is 257 g/mol. The van der Waals surface area contributed by atoms with Gasteiger partial charge in [0, 0.05) is 12.6 Å². The van der Waals surface area contributed by atoms with Crippen molar-refractivity contribution in [2.45, 2.75) is 25.8 Å². The Morgan fingerprint density at radius 2 is 1.76 bits per heavy atom. The van der Waals surface area contributed by atoms with E-state index < -0.39 is 0 Å². The lowest BCUT2D eigenvalue weighted by Crippen LogP contribution is -2.47. The first-order valence-corrected chi connectivity index (χ1v) is 7.79. The van der Waals surface area contributed by atoms with E-state index in [1.807, 2.05) is 6.07 Å². The van der Waals surface area contributed by atoms with Gasteiger partial charge in [-0.3, -0.25) is 0 Å². The number of benzene rings is 2. The van der Waals surface area contributed by atoms with Gasteiger partial charge in [-0.15, -0.1) is 0 Å². The second-order valence-electron chi connectivity index (χ2n) is 5.83. The Morgan fingerprint density at radius 3 is 2.43 bits per heavy atom. The molecule has 2 aromatic rings. The van der Waals surface area contributed by atoms with Crippen LogP contribution in [0.5, 0.6) is 0 Å². The first-order chi connectivity index (χ1) is 10.3. The highest BCUT2D eigenvalue weighted by Crippen LogP contribution is 2.06. The Hall–Kier alpha value is -1.58. The van der Waals surface area contributed by atoms with Crippen molar-refractivity contribution in [3.63, 3.8) is 0 Å². The van der Waals surface area contributed by atoms with Crippen molar-refractivity contribution in [2.24, 2.45) is 0 Å². The lowest BCUT2D eigenvalue weighted by atomic mass is 9.55. The monoisotopic (exact) mass is 279 g/mol. The second kappa shape index (κ2) is 6.92. The van der Waals surface area contributed by atoms with Crippen LogP contribution in [0, 0.1) is 6.92 Å². The van der Waals surface area contributed by atoms with E-state index in [-0.39, 0.29) is 6.92 Å². The van der Waals surface area contributed by atoms with Crippen molar-refractivity contribution in [3.05, 3.63) is 60.2 Å². The minimum atomic E-state index is 0.0224. The van der Waals surface area contributed by atoms with Gasteiger partial charge in [-0.05, 0) is 37.2 Å². The third-order valence-electron chi connectivity index (χ3n) is 4.11. The molecule has 1 heterocycles. The van der Waals surface area contributed by atoms with Crippen molar-refractivity contribution in [1.29, 1.82) is 0 Å². The molecule has 1 fully saturated rings. The summed E-state index contributed by atoms with van der Waals surface area (Å²) in [7, 11) is 0. The third kappa shape index (κ3) is 3.75. The fourth-order valence-electron chi connectivity index (χ4n) is 2.87. The quantitative estimate of drug-likeness (QED) is 0.844. The van der Waals surface area contributed by atoms with E-state index in [9.17, 15) is 0 Å². The Morgan fingerprint density at radius 1 is 1.05 bits per heavy atom. The first kappa shape index (κ1) is 14.4. The lowest BCUT2D eigenvalue weighted by molar-refractivity contribution is 0.288. The van der Waals surface area contributed by atoms with Crippen molar-refractivity contribution >= 4 is 17.8 Å². The second-order valence-corrected chi connectivity index (χ2v) is 5.83. The first-order valence-electron chi connectivity index (χ1n) is 7.79. The average molecular weight is 279 g/mol. The molecule has 1 aliphatic heterocycles. The third-order valence-corrected chi connectivity index (χ3v) is 4.11. The molecule has 1 N–H and O–H groups in total. The van der Waals surface area contributed by atoms with Crippen molar-refractivity contribution < 1.29 is 4.65 Å². The Labute approximate surface area is 127 Å². The largest absolute Gasteiger partial charge is 0.425 e. The highest BCUT2D eigenvalue weighted by atomic mass is 16.4. The van der Waals surface area contributed by atoms with E-state index in [1.54, 1.807) is 0 Å². The average Bonchev–Trinajstić information content (AvgIpc) is 3.04. The van der Waals surface area contributed by atoms with Crippen molar-refractivity contribution in [3.8, 4) is 0 Å². The summed E-state index contributed by atoms with van der Waals surface area (Å²) in [5.41, 5.74) is 3.73. The SMILES string of the molecule is Cc1ccc(B(OCC2CCCN2)c2ccccc2)cc1. The van der Waals surface area contributed by atoms with Gasteiger partial charge in [0.15, 0.2) is 0 Å². The molecular formula is C18H22BNO. The van der Waals surface area contributed by atoms with E-state index in [1.165, 1.54) is 29.3 Å². The smallest absolute Gasteiger partial charge is 0.361 e. The highest BCUT2D eigenvalue weighted by Gasteiger charge is 2.23. The summed E-state index contributed by atoms with van der Waals surface area (Å²) in [5, 5.41) is 3.50. The number of rotatable bonds is 5. The summed E-state index contributed by atoms with van der Waals surface area (Å²) in [6.07, 6.45) is 2.48. The summed E-state index contributed by atoms with van der Waals surface area (Å²) in [6, 6.07) is 19.7. The topological polar surface area (TPSA) is 21.3 Å². The number of hydrogen-bond donors (Lipinski definition) is 1. The summed E-state index contributed by atoms with van der Waals surface area (Å²) in [6.45, 7) is 4.03. The van der Waals surface area contributed by atoms with E-state index in [0.29, 0.717) is 6.04 Å². The van der Waals surface area contributed by atoms with Crippen LogP contribution < -0.4 is 16.2 Å². The van der Waals surface area contributed by atoms with Crippen LogP contribution >= 0.6 is 0 Å². The molecule has 0 aromatic heterocycles. The standard InChI is InChI=1S/C18H22BNO/c1-15-9-11-17(12-10-15)19(16-6-3-2-4-7-16)21-14-18-8-5-13-20-18/h2-4,6-7,9-12,18,20H,5,8,13-14H2,1H3. The zero-order valence-corrected chi connectivity index (χ0v) is 12.6. The van der Waals surface area contributed by atoms with E-state index in [0.717, 1.165) is 13.2 Å². The molecule has 3 heteroatoms. The minimum absolute atomic E-state index is 0.0224. The number of nitrogens with one attached hydrogen (secondary N) is 1. The molecule has 1 unspecified atom stereocenters. The highest BCUT2D eigenvalue weighted by molar-refractivity contribution is 6.80. The van der Waals surface area contributed by atoms with Gasteiger partial charge in [0.2, 0.25) is 0 Å². The zero-order valence-electron chi connectivity index (χ0n) is 12.6. The summed E-state index contributed by atoms with van der Waals surface area (Å²) < 4.78 is 6.28. The van der Waals surface area contributed by atoms with Crippen LogP contribution in [0.15, 0.2) is 54.6 Å². The summed E-state index contributed by atoms with van der Waals surface area (Å²) >= 11 is 0. The van der Waals surface area contributed by atoms with Crippen LogP contribution in [0.1, 0.15) is 18.4 Å². The maximum atomic E-state index is 6.28.